The molecule has 2 nitrogen and oxygen atoms in total. The summed E-state index contributed by atoms with van der Waals surface area (Å²) >= 11 is 0. The largest absolute Gasteiger partial charge is 0.390 e. The normalized spacial score (nSPS) is 15.5. The van der Waals surface area contributed by atoms with Gasteiger partial charge in [0.05, 0.1) is 6.10 Å². The van der Waals surface area contributed by atoms with Gasteiger partial charge in [0, 0.05) is 0 Å². The van der Waals surface area contributed by atoms with Crippen molar-refractivity contribution >= 4 is 0 Å². The molecule has 2 N–H and O–H groups in total. The van der Waals surface area contributed by atoms with Crippen molar-refractivity contribution in [1.29, 1.82) is 0 Å². The Kier molecular flexibility index (Phi) is 3.07. The van der Waals surface area contributed by atoms with E-state index in [0.717, 1.165) is 11.1 Å². The molecule has 0 saturated carbocycles. The van der Waals surface area contributed by atoms with Gasteiger partial charge in [-0.1, -0.05) is 23.8 Å². The van der Waals surface area contributed by atoms with Gasteiger partial charge in [-0.15, -0.1) is 0 Å². The molecule has 0 heterocycles. The van der Waals surface area contributed by atoms with E-state index >= 15 is 0 Å². The minimum atomic E-state index is -0.777. The van der Waals surface area contributed by atoms with E-state index in [2.05, 4.69) is 0 Å². The molecule has 0 amide bonds. The highest BCUT2D eigenvalue weighted by Crippen LogP contribution is 2.21. The van der Waals surface area contributed by atoms with E-state index < -0.39 is 12.2 Å². The van der Waals surface area contributed by atoms with Crippen LogP contribution in [0.15, 0.2) is 18.2 Å². The van der Waals surface area contributed by atoms with Gasteiger partial charge in [0.1, 0.15) is 6.10 Å². The molecule has 2 heteroatoms. The highest BCUT2D eigenvalue weighted by atomic mass is 16.3. The van der Waals surface area contributed by atoms with Crippen LogP contribution in [0.25, 0.3) is 0 Å². The van der Waals surface area contributed by atoms with E-state index in [4.69, 9.17) is 0 Å². The second kappa shape index (κ2) is 3.90. The number of aliphatic hydroxyl groups excluding tert-OH is 2. The fraction of sp³-hybridized carbons (Fsp3) is 0.455. The fourth-order valence-electron chi connectivity index (χ4n) is 1.42. The number of benzene rings is 1. The van der Waals surface area contributed by atoms with Gasteiger partial charge in [0.25, 0.3) is 0 Å². The van der Waals surface area contributed by atoms with Crippen LogP contribution >= 0.6 is 0 Å². The van der Waals surface area contributed by atoms with Gasteiger partial charge in [-0.25, -0.2) is 0 Å². The predicted octanol–water partition coefficient (Wildman–Crippen LogP) is 1.72. The number of hydrogen-bond donors (Lipinski definition) is 2. The predicted molar refractivity (Wildman–Crippen MR) is 52.6 cm³/mol. The first-order valence-electron chi connectivity index (χ1n) is 4.45. The molecule has 1 rings (SSSR count). The minimum Gasteiger partial charge on any atom is -0.390 e. The van der Waals surface area contributed by atoms with E-state index in [0.29, 0.717) is 0 Å². The highest BCUT2D eigenvalue weighted by Gasteiger charge is 2.15. The molecule has 1 aromatic carbocycles. The van der Waals surface area contributed by atoms with E-state index in [1.54, 1.807) is 6.92 Å². The van der Waals surface area contributed by atoms with Crippen LogP contribution < -0.4 is 0 Å². The second-order valence-electron chi connectivity index (χ2n) is 3.55. The summed E-state index contributed by atoms with van der Waals surface area (Å²) in [6.07, 6.45) is -1.50. The molecule has 0 aromatic heterocycles. The summed E-state index contributed by atoms with van der Waals surface area (Å²) in [5.74, 6) is 0. The summed E-state index contributed by atoms with van der Waals surface area (Å²) in [6.45, 7) is 5.53. The molecule has 0 aliphatic carbocycles. The Bertz CT molecular complexity index is 292. The quantitative estimate of drug-likeness (QED) is 0.727. The lowest BCUT2D eigenvalue weighted by Crippen LogP contribution is -2.14. The Balaban J connectivity index is 3.01. The van der Waals surface area contributed by atoms with E-state index in [1.165, 1.54) is 5.56 Å². The van der Waals surface area contributed by atoms with Crippen molar-refractivity contribution in [3.8, 4) is 0 Å². The molecule has 13 heavy (non-hydrogen) atoms. The van der Waals surface area contributed by atoms with Crippen molar-refractivity contribution in [2.24, 2.45) is 0 Å². The summed E-state index contributed by atoms with van der Waals surface area (Å²) in [5.41, 5.74) is 2.99. The second-order valence-corrected chi connectivity index (χ2v) is 3.55. The zero-order valence-corrected chi connectivity index (χ0v) is 8.28. The van der Waals surface area contributed by atoms with Crippen LogP contribution in [0.1, 0.15) is 29.7 Å². The van der Waals surface area contributed by atoms with Crippen LogP contribution in [0.2, 0.25) is 0 Å². The first-order valence-corrected chi connectivity index (χ1v) is 4.45. The van der Waals surface area contributed by atoms with Crippen molar-refractivity contribution in [1.82, 2.24) is 0 Å². The van der Waals surface area contributed by atoms with Crippen LogP contribution in [0.4, 0.5) is 0 Å². The molecule has 0 saturated heterocycles. The van der Waals surface area contributed by atoms with Crippen LogP contribution in [0, 0.1) is 13.8 Å². The molecule has 0 bridgehead atoms. The molecule has 0 radical (unpaired) electrons. The minimum absolute atomic E-state index is 0.721. The van der Waals surface area contributed by atoms with Crippen molar-refractivity contribution in [2.75, 3.05) is 0 Å². The first kappa shape index (κ1) is 10.2. The van der Waals surface area contributed by atoms with E-state index in [9.17, 15) is 10.2 Å². The molecule has 0 spiro atoms. The van der Waals surface area contributed by atoms with E-state index in [-0.39, 0.29) is 0 Å². The van der Waals surface area contributed by atoms with Gasteiger partial charge < -0.3 is 10.2 Å². The maximum atomic E-state index is 9.62. The maximum Gasteiger partial charge on any atom is 0.105 e. The van der Waals surface area contributed by atoms with Crippen molar-refractivity contribution in [3.63, 3.8) is 0 Å². The lowest BCUT2D eigenvalue weighted by Gasteiger charge is -2.16. The van der Waals surface area contributed by atoms with Crippen LogP contribution in [0.5, 0.6) is 0 Å². The first-order chi connectivity index (χ1) is 6.02. The molecule has 72 valence electrons. The summed E-state index contributed by atoms with van der Waals surface area (Å²) < 4.78 is 0. The number of hydrogen-bond acceptors (Lipinski definition) is 2. The van der Waals surface area contributed by atoms with Gasteiger partial charge in [-0.2, -0.15) is 0 Å². The van der Waals surface area contributed by atoms with Crippen LogP contribution in [0.3, 0.4) is 0 Å². The monoisotopic (exact) mass is 180 g/mol. The zero-order valence-electron chi connectivity index (χ0n) is 8.28. The van der Waals surface area contributed by atoms with Crippen molar-refractivity contribution in [3.05, 3.63) is 34.9 Å². The van der Waals surface area contributed by atoms with Crippen LogP contribution in [-0.4, -0.2) is 16.3 Å². The van der Waals surface area contributed by atoms with Gasteiger partial charge in [0.15, 0.2) is 0 Å². The molecule has 1 aromatic rings. The standard InChI is InChI=1S/C11H16O2/c1-7-4-5-10(8(2)6-7)11(13)9(3)12/h4-6,9,11-13H,1-3H3/t9-,11+/m0/s1. The molecule has 2 atom stereocenters. The average molecular weight is 180 g/mol. The summed E-state index contributed by atoms with van der Waals surface area (Å²) in [5, 5.41) is 18.8. The number of aryl methyl sites for hydroxylation is 2. The third kappa shape index (κ3) is 2.29. The molecule has 0 aliphatic rings. The SMILES string of the molecule is Cc1ccc([C@H](O)[C@H](C)O)c(C)c1. The summed E-state index contributed by atoms with van der Waals surface area (Å²) in [6, 6.07) is 5.80. The Labute approximate surface area is 78.8 Å². The van der Waals surface area contributed by atoms with Crippen molar-refractivity contribution in [2.45, 2.75) is 33.0 Å². The lowest BCUT2D eigenvalue weighted by molar-refractivity contribution is 0.0301. The average Bonchev–Trinajstić information content (AvgIpc) is 2.03. The Morgan fingerprint density at radius 1 is 1.15 bits per heavy atom. The zero-order chi connectivity index (χ0) is 10.0. The van der Waals surface area contributed by atoms with Gasteiger partial charge in [-0.3, -0.25) is 0 Å². The Morgan fingerprint density at radius 3 is 2.23 bits per heavy atom. The summed E-state index contributed by atoms with van der Waals surface area (Å²) in [4.78, 5) is 0. The maximum absolute atomic E-state index is 9.62. The molecule has 0 aliphatic heterocycles. The topological polar surface area (TPSA) is 40.5 Å². The fourth-order valence-corrected chi connectivity index (χ4v) is 1.42. The lowest BCUT2D eigenvalue weighted by atomic mass is 9.98. The third-order valence-electron chi connectivity index (χ3n) is 2.20. The molecular weight excluding hydrogens is 164 g/mol. The van der Waals surface area contributed by atoms with Gasteiger partial charge >= 0.3 is 0 Å². The van der Waals surface area contributed by atoms with Gasteiger partial charge in [-0.05, 0) is 31.9 Å². The number of rotatable bonds is 2. The summed E-state index contributed by atoms with van der Waals surface area (Å²) in [7, 11) is 0. The van der Waals surface area contributed by atoms with Gasteiger partial charge in [0.2, 0.25) is 0 Å². The molecule has 0 fully saturated rings. The Hall–Kier alpha value is -0.860. The third-order valence-corrected chi connectivity index (χ3v) is 2.20. The molecular formula is C11H16O2. The molecule has 0 unspecified atom stereocenters. The smallest absolute Gasteiger partial charge is 0.105 e. The number of aliphatic hydroxyl groups is 2. The Morgan fingerprint density at radius 2 is 1.77 bits per heavy atom. The van der Waals surface area contributed by atoms with Crippen molar-refractivity contribution < 1.29 is 10.2 Å². The highest BCUT2D eigenvalue weighted by molar-refractivity contribution is 5.32. The van der Waals surface area contributed by atoms with E-state index in [1.807, 2.05) is 32.0 Å². The van der Waals surface area contributed by atoms with Crippen LogP contribution in [-0.2, 0) is 0 Å².